The molecular weight excluding hydrogens is 270 g/mol. The maximum atomic E-state index is 12.1. The van der Waals surface area contributed by atoms with Crippen molar-refractivity contribution in [2.75, 3.05) is 13.1 Å². The smallest absolute Gasteiger partial charge is 0.404 e. The highest BCUT2D eigenvalue weighted by molar-refractivity contribution is 6.29. The number of carboxylic acid groups (broad SMARTS) is 1. The minimum atomic E-state index is -1.02. The van der Waals surface area contributed by atoms with Crippen LogP contribution in [0.4, 0.5) is 4.79 Å². The molecule has 1 aliphatic rings. The van der Waals surface area contributed by atoms with Crippen LogP contribution in [0.3, 0.4) is 0 Å². The number of hydrogen-bond donors (Lipinski definition) is 2. The van der Waals surface area contributed by atoms with Gasteiger partial charge in [-0.25, -0.2) is 9.78 Å². The highest BCUT2D eigenvalue weighted by atomic mass is 35.5. The van der Waals surface area contributed by atoms with Crippen LogP contribution in [0.15, 0.2) is 18.3 Å². The van der Waals surface area contributed by atoms with Gasteiger partial charge >= 0.3 is 6.09 Å². The van der Waals surface area contributed by atoms with E-state index >= 15 is 0 Å². The fraction of sp³-hybridized carbons (Fsp3) is 0.417. The minimum absolute atomic E-state index is 0.0788. The first kappa shape index (κ1) is 13.6. The van der Waals surface area contributed by atoms with Crippen LogP contribution in [0, 0.1) is 0 Å². The first-order chi connectivity index (χ1) is 9.06. The first-order valence-electron chi connectivity index (χ1n) is 5.96. The van der Waals surface area contributed by atoms with Crippen LogP contribution in [-0.4, -0.2) is 46.1 Å². The molecule has 1 aromatic rings. The van der Waals surface area contributed by atoms with Gasteiger partial charge in [-0.15, -0.1) is 0 Å². The molecular formula is C12H14ClN3O3. The van der Waals surface area contributed by atoms with Gasteiger partial charge in [-0.2, -0.15) is 0 Å². The molecule has 6 nitrogen and oxygen atoms in total. The van der Waals surface area contributed by atoms with E-state index < -0.39 is 6.09 Å². The van der Waals surface area contributed by atoms with Crippen LogP contribution >= 0.6 is 11.6 Å². The lowest BCUT2D eigenvalue weighted by atomic mass is 10.0. The van der Waals surface area contributed by atoms with Gasteiger partial charge in [0.15, 0.2) is 0 Å². The molecule has 2 heterocycles. The number of nitrogens with one attached hydrogen (secondary N) is 1. The van der Waals surface area contributed by atoms with Gasteiger partial charge in [-0.1, -0.05) is 11.6 Å². The SMILES string of the molecule is O=C(O)NC1CCN(C(=O)c2ccc(Cl)nc2)CC1. The summed E-state index contributed by atoms with van der Waals surface area (Å²) >= 11 is 5.67. The average molecular weight is 284 g/mol. The summed E-state index contributed by atoms with van der Waals surface area (Å²) < 4.78 is 0. The van der Waals surface area contributed by atoms with Crippen molar-refractivity contribution in [3.63, 3.8) is 0 Å². The second-order valence-electron chi connectivity index (χ2n) is 4.39. The highest BCUT2D eigenvalue weighted by Crippen LogP contribution is 2.14. The van der Waals surface area contributed by atoms with Gasteiger partial charge in [0.1, 0.15) is 5.15 Å². The van der Waals surface area contributed by atoms with E-state index in [1.807, 2.05) is 0 Å². The summed E-state index contributed by atoms with van der Waals surface area (Å²) in [5.74, 6) is -0.0991. The Bertz CT molecular complexity index is 470. The molecule has 1 aromatic heterocycles. The van der Waals surface area contributed by atoms with Crippen molar-refractivity contribution in [3.8, 4) is 0 Å². The number of nitrogens with zero attached hydrogens (tertiary/aromatic N) is 2. The topological polar surface area (TPSA) is 82.5 Å². The zero-order valence-electron chi connectivity index (χ0n) is 10.2. The van der Waals surface area contributed by atoms with Crippen molar-refractivity contribution in [3.05, 3.63) is 29.0 Å². The molecule has 0 aliphatic carbocycles. The van der Waals surface area contributed by atoms with E-state index in [0.717, 1.165) is 0 Å². The van der Waals surface area contributed by atoms with E-state index in [4.69, 9.17) is 16.7 Å². The number of rotatable bonds is 2. The van der Waals surface area contributed by atoms with Gasteiger partial charge in [0.05, 0.1) is 5.56 Å². The lowest BCUT2D eigenvalue weighted by Gasteiger charge is -2.31. The van der Waals surface area contributed by atoms with Crippen LogP contribution in [0.2, 0.25) is 5.15 Å². The second-order valence-corrected chi connectivity index (χ2v) is 4.77. The number of carbonyl (C=O) groups is 2. The predicted octanol–water partition coefficient (Wildman–Crippen LogP) is 1.61. The van der Waals surface area contributed by atoms with Gasteiger partial charge in [-0.05, 0) is 25.0 Å². The molecule has 0 atom stereocenters. The monoisotopic (exact) mass is 283 g/mol. The normalized spacial score (nSPS) is 16.2. The molecule has 0 radical (unpaired) electrons. The molecule has 2 rings (SSSR count). The maximum absolute atomic E-state index is 12.1. The fourth-order valence-corrected chi connectivity index (χ4v) is 2.20. The summed E-state index contributed by atoms with van der Waals surface area (Å²) in [6.45, 7) is 1.07. The van der Waals surface area contributed by atoms with Crippen molar-refractivity contribution >= 4 is 23.6 Å². The van der Waals surface area contributed by atoms with E-state index in [2.05, 4.69) is 10.3 Å². The number of halogens is 1. The van der Waals surface area contributed by atoms with Crippen molar-refractivity contribution in [2.45, 2.75) is 18.9 Å². The molecule has 0 spiro atoms. The van der Waals surface area contributed by atoms with E-state index in [9.17, 15) is 9.59 Å². The number of carbonyl (C=O) groups excluding carboxylic acids is 1. The summed E-state index contributed by atoms with van der Waals surface area (Å²) in [7, 11) is 0. The molecule has 102 valence electrons. The van der Waals surface area contributed by atoms with Crippen LogP contribution < -0.4 is 5.32 Å². The molecule has 7 heteroatoms. The second kappa shape index (κ2) is 5.88. The number of pyridine rings is 1. The molecule has 2 amide bonds. The van der Waals surface area contributed by atoms with Gasteiger partial charge in [0.2, 0.25) is 0 Å². The molecule has 0 unspecified atom stereocenters. The predicted molar refractivity (Wildman–Crippen MR) is 69.3 cm³/mol. The minimum Gasteiger partial charge on any atom is -0.465 e. The van der Waals surface area contributed by atoms with Crippen LogP contribution in [0.5, 0.6) is 0 Å². The van der Waals surface area contributed by atoms with Gasteiger partial charge in [0.25, 0.3) is 5.91 Å². The number of piperidine rings is 1. The largest absolute Gasteiger partial charge is 0.465 e. The van der Waals surface area contributed by atoms with Gasteiger partial charge in [-0.3, -0.25) is 4.79 Å². The number of aromatic nitrogens is 1. The van der Waals surface area contributed by atoms with E-state index in [1.54, 1.807) is 17.0 Å². The average Bonchev–Trinajstić information content (AvgIpc) is 2.39. The molecule has 0 saturated carbocycles. The third-order valence-corrected chi connectivity index (χ3v) is 3.31. The van der Waals surface area contributed by atoms with Crippen molar-refractivity contribution in [2.24, 2.45) is 0 Å². The van der Waals surface area contributed by atoms with Crippen LogP contribution in [-0.2, 0) is 0 Å². The number of amides is 2. The van der Waals surface area contributed by atoms with Crippen LogP contribution in [0.25, 0.3) is 0 Å². The Morgan fingerprint density at radius 2 is 2.05 bits per heavy atom. The first-order valence-corrected chi connectivity index (χ1v) is 6.34. The zero-order chi connectivity index (χ0) is 13.8. The zero-order valence-corrected chi connectivity index (χ0v) is 10.9. The molecule has 2 N–H and O–H groups in total. The fourth-order valence-electron chi connectivity index (χ4n) is 2.09. The Hall–Kier alpha value is -1.82. The summed E-state index contributed by atoms with van der Waals surface area (Å²) in [5, 5.41) is 11.4. The molecule has 0 aromatic carbocycles. The Labute approximate surface area is 115 Å². The third kappa shape index (κ3) is 3.57. The van der Waals surface area contributed by atoms with E-state index in [-0.39, 0.29) is 11.9 Å². The van der Waals surface area contributed by atoms with E-state index in [1.165, 1.54) is 6.20 Å². The Morgan fingerprint density at radius 1 is 1.37 bits per heavy atom. The van der Waals surface area contributed by atoms with Crippen molar-refractivity contribution in [1.82, 2.24) is 15.2 Å². The molecule has 1 aliphatic heterocycles. The highest BCUT2D eigenvalue weighted by Gasteiger charge is 2.24. The lowest BCUT2D eigenvalue weighted by Crippen LogP contribution is -2.46. The number of likely N-dealkylation sites (tertiary alicyclic amines) is 1. The quantitative estimate of drug-likeness (QED) is 0.808. The summed E-state index contributed by atoms with van der Waals surface area (Å²) in [6, 6.07) is 3.14. The Morgan fingerprint density at radius 3 is 2.58 bits per heavy atom. The summed E-state index contributed by atoms with van der Waals surface area (Å²) in [5.41, 5.74) is 0.494. The third-order valence-electron chi connectivity index (χ3n) is 3.08. The van der Waals surface area contributed by atoms with Crippen molar-refractivity contribution < 1.29 is 14.7 Å². The Kier molecular flexibility index (Phi) is 4.21. The summed E-state index contributed by atoms with van der Waals surface area (Å²) in [6.07, 6.45) is 1.68. The standard InChI is InChI=1S/C12H14ClN3O3/c13-10-2-1-8(7-14-10)11(17)16-5-3-9(4-6-16)15-12(18)19/h1-2,7,9,15H,3-6H2,(H,18,19). The van der Waals surface area contributed by atoms with Crippen molar-refractivity contribution in [1.29, 1.82) is 0 Å². The number of hydrogen-bond acceptors (Lipinski definition) is 3. The van der Waals surface area contributed by atoms with Crippen LogP contribution in [0.1, 0.15) is 23.2 Å². The Balaban J connectivity index is 1.92. The molecule has 1 fully saturated rings. The molecule has 19 heavy (non-hydrogen) atoms. The molecule has 0 bridgehead atoms. The summed E-state index contributed by atoms with van der Waals surface area (Å²) in [4.78, 5) is 28.2. The molecule has 1 saturated heterocycles. The van der Waals surface area contributed by atoms with Gasteiger partial charge in [0, 0.05) is 25.3 Å². The van der Waals surface area contributed by atoms with E-state index in [0.29, 0.717) is 36.6 Å². The maximum Gasteiger partial charge on any atom is 0.404 e. The van der Waals surface area contributed by atoms with Gasteiger partial charge < -0.3 is 15.3 Å². The lowest BCUT2D eigenvalue weighted by molar-refractivity contribution is 0.0705.